The minimum atomic E-state index is -1.59. The third kappa shape index (κ3) is 2.05. The number of hydrogen-bond donors (Lipinski definition) is 1. The second kappa shape index (κ2) is 3.53. The van der Waals surface area contributed by atoms with Crippen LogP contribution < -0.4 is 0 Å². The molecular formula is C8H10NOS-. The maximum Gasteiger partial charge on any atom is -0.0308 e. The van der Waals surface area contributed by atoms with Crippen molar-refractivity contribution in [3.63, 3.8) is 0 Å². The van der Waals surface area contributed by atoms with Gasteiger partial charge in [-0.2, -0.15) is 10.6 Å². The zero-order valence-electron chi connectivity index (χ0n) is 6.33. The van der Waals surface area contributed by atoms with Gasteiger partial charge in [0.15, 0.2) is 0 Å². The van der Waals surface area contributed by atoms with Crippen LogP contribution in [-0.2, 0) is 21.2 Å². The van der Waals surface area contributed by atoms with Crippen molar-refractivity contribution >= 4 is 10.6 Å². The molecule has 0 aliphatic carbocycles. The van der Waals surface area contributed by atoms with Gasteiger partial charge in [0, 0.05) is 0 Å². The van der Waals surface area contributed by atoms with Crippen molar-refractivity contribution < 1.29 is 4.21 Å². The Morgan fingerprint density at radius 1 is 1.55 bits per heavy atom. The predicted molar refractivity (Wildman–Crippen MR) is 44.9 cm³/mol. The number of aryl methyl sites for hydroxylation is 1. The molecule has 3 heteroatoms. The molecule has 0 spiro atoms. The summed E-state index contributed by atoms with van der Waals surface area (Å²) in [6.07, 6.45) is 0.922. The van der Waals surface area contributed by atoms with E-state index in [1.54, 1.807) is 6.07 Å². The third-order valence-corrected chi connectivity index (χ3v) is 2.20. The topological polar surface area (TPSA) is 40.9 Å². The Kier molecular flexibility index (Phi) is 2.65. The average molecular weight is 168 g/mol. The highest BCUT2D eigenvalue weighted by Crippen LogP contribution is 2.06. The molecule has 0 heterocycles. The summed E-state index contributed by atoms with van der Waals surface area (Å²) in [4.78, 5) is 0.587. The summed E-state index contributed by atoms with van der Waals surface area (Å²) in [5, 5.41) is 0. The van der Waals surface area contributed by atoms with Gasteiger partial charge in [0.05, 0.1) is 0 Å². The van der Waals surface area contributed by atoms with Crippen LogP contribution in [0.4, 0.5) is 0 Å². The quantitative estimate of drug-likeness (QED) is 0.676. The Hall–Kier alpha value is -0.830. The molecule has 0 radical (unpaired) electrons. The van der Waals surface area contributed by atoms with E-state index in [-0.39, 0.29) is 0 Å². The summed E-state index contributed by atoms with van der Waals surface area (Å²) < 4.78 is 17.7. The lowest BCUT2D eigenvalue weighted by molar-refractivity contribution is 0.599. The molecule has 0 saturated carbocycles. The summed E-state index contributed by atoms with van der Waals surface area (Å²) in [5.74, 6) is 0. The van der Waals surface area contributed by atoms with Gasteiger partial charge in [-0.25, -0.2) is 0 Å². The van der Waals surface area contributed by atoms with Crippen LogP contribution in [0.25, 0.3) is 0 Å². The van der Waals surface area contributed by atoms with E-state index in [9.17, 15) is 4.21 Å². The molecule has 60 valence electrons. The van der Waals surface area contributed by atoms with Crippen molar-refractivity contribution in [3.8, 4) is 0 Å². The smallest absolute Gasteiger partial charge is 0.0308 e. The number of hydrogen-bond acceptors (Lipinski definition) is 3. The molecule has 1 rings (SSSR count). The molecule has 1 aromatic rings. The van der Waals surface area contributed by atoms with Gasteiger partial charge in [-0.3, -0.25) is 0 Å². The molecule has 0 unspecified atom stereocenters. The van der Waals surface area contributed by atoms with Crippen molar-refractivity contribution in [3.05, 3.63) is 29.8 Å². The van der Waals surface area contributed by atoms with Crippen LogP contribution in [0.5, 0.6) is 0 Å². The van der Waals surface area contributed by atoms with Gasteiger partial charge in [0.25, 0.3) is 0 Å². The van der Waals surface area contributed by atoms with Gasteiger partial charge < -0.3 is 8.99 Å². The molecule has 1 aromatic carbocycles. The SMILES string of the molecule is CCc1cccc([S-](=N)=O)c1. The van der Waals surface area contributed by atoms with Gasteiger partial charge in [0.2, 0.25) is 0 Å². The lowest BCUT2D eigenvalue weighted by atomic mass is 10.2. The lowest BCUT2D eigenvalue weighted by Crippen LogP contribution is -1.82. The largest absolute Gasteiger partial charge is 0.440 e. The first-order valence-corrected chi connectivity index (χ1v) is 4.61. The molecule has 0 amide bonds. The van der Waals surface area contributed by atoms with Crippen molar-refractivity contribution in [1.29, 1.82) is 4.78 Å². The Labute approximate surface area is 68.3 Å². The Balaban J connectivity index is 3.10. The van der Waals surface area contributed by atoms with E-state index in [0.29, 0.717) is 4.90 Å². The minimum absolute atomic E-state index is 0.587. The summed E-state index contributed by atoms with van der Waals surface area (Å²) in [6, 6.07) is 7.32. The first-order valence-electron chi connectivity index (χ1n) is 3.46. The monoisotopic (exact) mass is 168 g/mol. The molecule has 0 aromatic heterocycles. The highest BCUT2D eigenvalue weighted by molar-refractivity contribution is 7.73. The summed E-state index contributed by atoms with van der Waals surface area (Å²) in [5.41, 5.74) is 1.13. The fourth-order valence-corrected chi connectivity index (χ4v) is 1.34. The lowest BCUT2D eigenvalue weighted by Gasteiger charge is -2.03. The van der Waals surface area contributed by atoms with Gasteiger partial charge in [-0.15, -0.1) is 0 Å². The molecule has 0 bridgehead atoms. The van der Waals surface area contributed by atoms with Crippen LogP contribution in [-0.4, -0.2) is 0 Å². The van der Waals surface area contributed by atoms with Crippen molar-refractivity contribution in [2.75, 3.05) is 0 Å². The number of rotatable bonds is 2. The number of nitrogens with one attached hydrogen (secondary N) is 1. The minimum Gasteiger partial charge on any atom is -0.440 e. The molecule has 0 aliphatic heterocycles. The zero-order valence-corrected chi connectivity index (χ0v) is 7.15. The molecule has 0 fully saturated rings. The van der Waals surface area contributed by atoms with Gasteiger partial charge in [0.1, 0.15) is 0 Å². The zero-order chi connectivity index (χ0) is 8.27. The van der Waals surface area contributed by atoms with E-state index >= 15 is 0 Å². The summed E-state index contributed by atoms with van der Waals surface area (Å²) in [7, 11) is -1.59. The molecule has 0 saturated heterocycles. The second-order valence-corrected chi connectivity index (χ2v) is 3.28. The highest BCUT2D eigenvalue weighted by Gasteiger charge is 1.86. The Morgan fingerprint density at radius 3 is 2.82 bits per heavy atom. The van der Waals surface area contributed by atoms with E-state index < -0.39 is 10.6 Å². The molecule has 2 nitrogen and oxygen atoms in total. The number of benzene rings is 1. The predicted octanol–water partition coefficient (Wildman–Crippen LogP) is 2.33. The van der Waals surface area contributed by atoms with E-state index in [0.717, 1.165) is 12.0 Å². The summed E-state index contributed by atoms with van der Waals surface area (Å²) in [6.45, 7) is 2.03. The van der Waals surface area contributed by atoms with Crippen LogP contribution in [0, 0.1) is 4.78 Å². The first-order chi connectivity index (χ1) is 5.24. The van der Waals surface area contributed by atoms with Crippen LogP contribution in [0.1, 0.15) is 12.5 Å². The van der Waals surface area contributed by atoms with E-state index in [2.05, 4.69) is 0 Å². The first kappa shape index (κ1) is 8.27. The average Bonchev–Trinajstić information content (AvgIpc) is 2.05. The van der Waals surface area contributed by atoms with E-state index in [1.807, 2.05) is 25.1 Å². The highest BCUT2D eigenvalue weighted by atomic mass is 32.2. The summed E-state index contributed by atoms with van der Waals surface area (Å²) >= 11 is 0. The Bertz CT molecular complexity index is 310. The van der Waals surface area contributed by atoms with Crippen LogP contribution in [0.2, 0.25) is 0 Å². The molecule has 1 N–H and O–H groups in total. The van der Waals surface area contributed by atoms with Gasteiger partial charge in [-0.1, -0.05) is 36.1 Å². The molecule has 11 heavy (non-hydrogen) atoms. The van der Waals surface area contributed by atoms with Crippen LogP contribution in [0.3, 0.4) is 0 Å². The standard InChI is InChI=1S/C8H10NOS/c1-2-7-4-3-5-8(6-7)11(9)10/h3-6,9H,2H2,1H3/q-1. The van der Waals surface area contributed by atoms with Crippen molar-refractivity contribution in [2.45, 2.75) is 18.2 Å². The molecule has 0 atom stereocenters. The van der Waals surface area contributed by atoms with E-state index in [4.69, 9.17) is 4.78 Å². The third-order valence-electron chi connectivity index (χ3n) is 1.52. The fraction of sp³-hybridized carbons (Fsp3) is 0.250. The van der Waals surface area contributed by atoms with Crippen LogP contribution in [0.15, 0.2) is 29.2 Å². The van der Waals surface area contributed by atoms with Crippen molar-refractivity contribution in [1.82, 2.24) is 0 Å². The van der Waals surface area contributed by atoms with Crippen LogP contribution >= 0.6 is 0 Å². The van der Waals surface area contributed by atoms with Gasteiger partial charge >= 0.3 is 0 Å². The fourth-order valence-electron chi connectivity index (χ4n) is 0.881. The van der Waals surface area contributed by atoms with E-state index in [1.165, 1.54) is 0 Å². The molecular weight excluding hydrogens is 158 g/mol. The Morgan fingerprint density at radius 2 is 2.27 bits per heavy atom. The maximum absolute atomic E-state index is 10.7. The normalized spacial score (nSPS) is 10.4. The second-order valence-electron chi connectivity index (χ2n) is 2.27. The maximum atomic E-state index is 10.7. The van der Waals surface area contributed by atoms with Gasteiger partial charge in [-0.05, 0) is 12.0 Å². The van der Waals surface area contributed by atoms with Crippen molar-refractivity contribution in [2.24, 2.45) is 0 Å². The molecule has 0 aliphatic rings.